The van der Waals surface area contributed by atoms with Gasteiger partial charge in [0.25, 0.3) is 0 Å². The highest BCUT2D eigenvalue weighted by Crippen LogP contribution is 2.29. The first-order valence-corrected chi connectivity index (χ1v) is 9.44. The van der Waals surface area contributed by atoms with Crippen LogP contribution in [0.2, 0.25) is 10.0 Å². The van der Waals surface area contributed by atoms with Crippen LogP contribution in [0, 0.1) is 0 Å². The van der Waals surface area contributed by atoms with Gasteiger partial charge in [-0.15, -0.1) is 0 Å². The molecule has 1 heterocycles. The standard InChI is InChI=1S/C10H11Cl2NO4S2/c11-8-2-1-3-9(10(8)12)19(16,17)13-7-4-5-18(14,15)6-7/h1-3,7,13H,4-6H2/t7-/m0/s1. The monoisotopic (exact) mass is 343 g/mol. The van der Waals surface area contributed by atoms with E-state index in [0.717, 1.165) is 0 Å². The minimum Gasteiger partial charge on any atom is -0.229 e. The van der Waals surface area contributed by atoms with Gasteiger partial charge in [-0.25, -0.2) is 21.6 Å². The summed E-state index contributed by atoms with van der Waals surface area (Å²) in [5.41, 5.74) is 0. The molecule has 1 N–H and O–H groups in total. The molecule has 0 radical (unpaired) electrons. The minimum absolute atomic E-state index is 0.0105. The Hall–Kier alpha value is -0.340. The molecular weight excluding hydrogens is 333 g/mol. The first-order valence-electron chi connectivity index (χ1n) is 5.38. The zero-order valence-electron chi connectivity index (χ0n) is 9.64. The lowest BCUT2D eigenvalue weighted by Crippen LogP contribution is -2.35. The van der Waals surface area contributed by atoms with Crippen molar-refractivity contribution in [2.24, 2.45) is 0 Å². The Kier molecular flexibility index (Phi) is 4.13. The second-order valence-corrected chi connectivity index (χ2v) is 8.97. The Morgan fingerprint density at radius 2 is 1.95 bits per heavy atom. The number of hydrogen-bond acceptors (Lipinski definition) is 4. The zero-order chi connectivity index (χ0) is 14.3. The van der Waals surface area contributed by atoms with E-state index in [2.05, 4.69) is 4.72 Å². The Balaban J connectivity index is 2.27. The minimum atomic E-state index is -3.88. The number of halogens is 2. The number of sulfone groups is 1. The third kappa shape index (κ3) is 3.41. The van der Waals surface area contributed by atoms with E-state index in [-0.39, 0.29) is 32.9 Å². The van der Waals surface area contributed by atoms with Gasteiger partial charge in [-0.3, -0.25) is 0 Å². The molecule has 2 rings (SSSR count). The lowest BCUT2D eigenvalue weighted by Gasteiger charge is -2.13. The van der Waals surface area contributed by atoms with Gasteiger partial charge >= 0.3 is 0 Å². The van der Waals surface area contributed by atoms with E-state index < -0.39 is 25.9 Å². The molecule has 1 atom stereocenters. The van der Waals surface area contributed by atoms with E-state index in [0.29, 0.717) is 0 Å². The third-order valence-electron chi connectivity index (χ3n) is 2.76. The Labute approximate surface area is 121 Å². The first kappa shape index (κ1) is 15.1. The molecule has 19 heavy (non-hydrogen) atoms. The van der Waals surface area contributed by atoms with Crippen LogP contribution in [0.15, 0.2) is 23.1 Å². The maximum Gasteiger partial charge on any atom is 0.242 e. The summed E-state index contributed by atoms with van der Waals surface area (Å²) < 4.78 is 49.2. The summed E-state index contributed by atoms with van der Waals surface area (Å²) in [6.07, 6.45) is 0.264. The highest BCUT2D eigenvalue weighted by atomic mass is 35.5. The van der Waals surface area contributed by atoms with Crippen LogP contribution in [0.4, 0.5) is 0 Å². The van der Waals surface area contributed by atoms with Crippen LogP contribution < -0.4 is 4.72 Å². The first-order chi connectivity index (χ1) is 8.71. The van der Waals surface area contributed by atoms with Crippen molar-refractivity contribution >= 4 is 43.1 Å². The van der Waals surface area contributed by atoms with Crippen LogP contribution in [0.1, 0.15) is 6.42 Å². The summed E-state index contributed by atoms with van der Waals surface area (Å²) in [4.78, 5) is -0.147. The van der Waals surface area contributed by atoms with Crippen molar-refractivity contribution in [2.45, 2.75) is 17.4 Å². The molecule has 1 saturated heterocycles. The van der Waals surface area contributed by atoms with Crippen molar-refractivity contribution in [2.75, 3.05) is 11.5 Å². The van der Waals surface area contributed by atoms with Gasteiger partial charge in [0, 0.05) is 6.04 Å². The number of nitrogens with one attached hydrogen (secondary N) is 1. The lowest BCUT2D eigenvalue weighted by atomic mass is 10.3. The third-order valence-corrected chi connectivity index (χ3v) is 7.02. The van der Waals surface area contributed by atoms with Gasteiger partial charge in [0.15, 0.2) is 9.84 Å². The van der Waals surface area contributed by atoms with Gasteiger partial charge in [0.2, 0.25) is 10.0 Å². The molecule has 1 aliphatic rings. The molecule has 0 bridgehead atoms. The predicted molar refractivity (Wildman–Crippen MR) is 73.8 cm³/mol. The Bertz CT molecular complexity index is 700. The molecule has 1 aliphatic heterocycles. The van der Waals surface area contributed by atoms with E-state index in [4.69, 9.17) is 23.2 Å². The predicted octanol–water partition coefficient (Wildman–Crippen LogP) is 1.46. The van der Waals surface area contributed by atoms with Crippen LogP contribution in [0.5, 0.6) is 0 Å². The van der Waals surface area contributed by atoms with Gasteiger partial charge in [0.1, 0.15) is 4.90 Å². The van der Waals surface area contributed by atoms with Gasteiger partial charge in [-0.2, -0.15) is 0 Å². The molecule has 1 aromatic rings. The highest BCUT2D eigenvalue weighted by Gasteiger charge is 2.32. The molecule has 1 aromatic carbocycles. The van der Waals surface area contributed by atoms with Gasteiger partial charge in [-0.05, 0) is 18.6 Å². The average Bonchev–Trinajstić information content (AvgIpc) is 2.61. The lowest BCUT2D eigenvalue weighted by molar-refractivity contribution is 0.562. The van der Waals surface area contributed by atoms with E-state index >= 15 is 0 Å². The molecule has 1 fully saturated rings. The number of rotatable bonds is 3. The zero-order valence-corrected chi connectivity index (χ0v) is 12.8. The van der Waals surface area contributed by atoms with Crippen LogP contribution in [-0.4, -0.2) is 34.4 Å². The summed E-state index contributed by atoms with van der Waals surface area (Å²) in [5.74, 6) is -0.201. The van der Waals surface area contributed by atoms with Crippen LogP contribution >= 0.6 is 23.2 Å². The second-order valence-electron chi connectivity index (χ2n) is 4.27. The molecule has 0 aromatic heterocycles. The molecule has 5 nitrogen and oxygen atoms in total. The fourth-order valence-corrected chi connectivity index (χ4v) is 5.67. The van der Waals surface area contributed by atoms with Crippen LogP contribution in [-0.2, 0) is 19.9 Å². The topological polar surface area (TPSA) is 80.3 Å². The molecule has 0 spiro atoms. The average molecular weight is 344 g/mol. The molecule has 0 amide bonds. The summed E-state index contributed by atoms with van der Waals surface area (Å²) in [6.45, 7) is 0. The van der Waals surface area contributed by atoms with E-state index in [1.54, 1.807) is 0 Å². The summed E-state index contributed by atoms with van der Waals surface area (Å²) >= 11 is 11.6. The van der Waals surface area contributed by atoms with Crippen LogP contribution in [0.25, 0.3) is 0 Å². The van der Waals surface area contributed by atoms with Crippen LogP contribution in [0.3, 0.4) is 0 Å². The highest BCUT2D eigenvalue weighted by molar-refractivity contribution is 7.92. The van der Waals surface area contributed by atoms with Crippen molar-refractivity contribution in [3.63, 3.8) is 0 Å². The van der Waals surface area contributed by atoms with E-state index in [1.807, 2.05) is 0 Å². The number of sulfonamides is 1. The van der Waals surface area contributed by atoms with E-state index in [1.165, 1.54) is 18.2 Å². The summed E-state index contributed by atoms with van der Waals surface area (Å²) in [7, 11) is -7.03. The molecule has 106 valence electrons. The molecule has 0 aliphatic carbocycles. The SMILES string of the molecule is O=S1(=O)CC[C@H](NS(=O)(=O)c2cccc(Cl)c2Cl)C1. The summed E-state index contributed by atoms with van der Waals surface area (Å²) in [5, 5.41) is 0.0566. The smallest absolute Gasteiger partial charge is 0.229 e. The molecule has 0 unspecified atom stereocenters. The van der Waals surface area contributed by atoms with Gasteiger partial charge in [-0.1, -0.05) is 29.3 Å². The van der Waals surface area contributed by atoms with Crippen molar-refractivity contribution in [3.8, 4) is 0 Å². The second kappa shape index (κ2) is 5.21. The fourth-order valence-electron chi connectivity index (χ4n) is 1.86. The largest absolute Gasteiger partial charge is 0.242 e. The van der Waals surface area contributed by atoms with Gasteiger partial charge < -0.3 is 0 Å². The quantitative estimate of drug-likeness (QED) is 0.900. The molecule has 9 heteroatoms. The Morgan fingerprint density at radius 1 is 1.26 bits per heavy atom. The molecule has 0 saturated carbocycles. The fraction of sp³-hybridized carbons (Fsp3) is 0.400. The van der Waals surface area contributed by atoms with Crippen molar-refractivity contribution in [1.29, 1.82) is 0 Å². The Morgan fingerprint density at radius 3 is 2.53 bits per heavy atom. The maximum absolute atomic E-state index is 12.1. The number of hydrogen-bond donors (Lipinski definition) is 1. The number of benzene rings is 1. The van der Waals surface area contributed by atoms with Gasteiger partial charge in [0.05, 0.1) is 21.6 Å². The summed E-state index contributed by atoms with van der Waals surface area (Å²) in [6, 6.07) is 3.64. The van der Waals surface area contributed by atoms with Crippen molar-refractivity contribution in [3.05, 3.63) is 28.2 Å². The van der Waals surface area contributed by atoms with E-state index in [9.17, 15) is 16.8 Å². The van der Waals surface area contributed by atoms with Crippen molar-refractivity contribution < 1.29 is 16.8 Å². The molecular formula is C10H11Cl2NO4S2. The normalized spacial score (nSPS) is 22.5. The maximum atomic E-state index is 12.1. The van der Waals surface area contributed by atoms with Crippen molar-refractivity contribution in [1.82, 2.24) is 4.72 Å².